The van der Waals surface area contributed by atoms with Gasteiger partial charge >= 0.3 is 0 Å². The highest BCUT2D eigenvalue weighted by atomic mass is 35.5. The summed E-state index contributed by atoms with van der Waals surface area (Å²) < 4.78 is 5.51. The summed E-state index contributed by atoms with van der Waals surface area (Å²) in [4.78, 5) is 17.4. The number of hydrogen-bond acceptors (Lipinski definition) is 4. The molecule has 2 aliphatic rings. The zero-order valence-corrected chi connectivity index (χ0v) is 16.1. The Morgan fingerprint density at radius 3 is 2.48 bits per heavy atom. The van der Waals surface area contributed by atoms with E-state index in [0.717, 1.165) is 52.2 Å². The zero-order chi connectivity index (χ0) is 17.9. The number of nitrogens with one attached hydrogen (secondary N) is 1. The SMILES string of the molecule is CN1CCC(CNC(=O)c2ccc(Cl)c(Cl)c2)(N2CCOCC2)CC1. The highest BCUT2D eigenvalue weighted by Crippen LogP contribution is 2.29. The van der Waals surface area contributed by atoms with Gasteiger partial charge in [-0.05, 0) is 51.2 Å². The largest absolute Gasteiger partial charge is 0.379 e. The second kappa shape index (κ2) is 8.23. The molecular formula is C18H25Cl2N3O2. The van der Waals surface area contributed by atoms with Crippen LogP contribution in [0, 0.1) is 0 Å². The van der Waals surface area contributed by atoms with Gasteiger partial charge in [-0.1, -0.05) is 23.2 Å². The topological polar surface area (TPSA) is 44.8 Å². The minimum Gasteiger partial charge on any atom is -0.379 e. The number of morpholine rings is 1. The number of halogens is 2. The van der Waals surface area contributed by atoms with Gasteiger partial charge in [0, 0.05) is 30.7 Å². The summed E-state index contributed by atoms with van der Waals surface area (Å²) >= 11 is 12.0. The fourth-order valence-electron chi connectivity index (χ4n) is 3.66. The molecule has 2 aliphatic heterocycles. The highest BCUT2D eigenvalue weighted by Gasteiger charge is 2.40. The summed E-state index contributed by atoms with van der Waals surface area (Å²) in [6.07, 6.45) is 2.09. The van der Waals surface area contributed by atoms with Gasteiger partial charge in [-0.15, -0.1) is 0 Å². The third kappa shape index (κ3) is 4.47. The van der Waals surface area contributed by atoms with Gasteiger partial charge in [0.05, 0.1) is 23.3 Å². The third-order valence-corrected chi connectivity index (χ3v) is 6.10. The molecule has 2 fully saturated rings. The van der Waals surface area contributed by atoms with E-state index in [1.807, 2.05) is 0 Å². The van der Waals surface area contributed by atoms with E-state index < -0.39 is 0 Å². The molecule has 0 saturated carbocycles. The van der Waals surface area contributed by atoms with E-state index in [1.54, 1.807) is 18.2 Å². The van der Waals surface area contributed by atoms with Crippen molar-refractivity contribution in [1.82, 2.24) is 15.1 Å². The van der Waals surface area contributed by atoms with Gasteiger partial charge in [-0.3, -0.25) is 9.69 Å². The Bertz CT molecular complexity index is 612. The first kappa shape index (κ1) is 18.9. The second-order valence-corrected chi connectivity index (χ2v) is 7.75. The molecule has 5 nitrogen and oxygen atoms in total. The molecule has 138 valence electrons. The average Bonchev–Trinajstić information content (AvgIpc) is 2.64. The van der Waals surface area contributed by atoms with Crippen LogP contribution < -0.4 is 5.32 Å². The van der Waals surface area contributed by atoms with Crippen LogP contribution in [0.5, 0.6) is 0 Å². The zero-order valence-electron chi connectivity index (χ0n) is 14.6. The first-order valence-electron chi connectivity index (χ1n) is 8.75. The number of rotatable bonds is 4. The Morgan fingerprint density at radius 2 is 1.84 bits per heavy atom. The number of hydrogen-bond donors (Lipinski definition) is 1. The third-order valence-electron chi connectivity index (χ3n) is 5.36. The molecule has 0 unspecified atom stereocenters. The molecule has 1 aromatic carbocycles. The molecule has 0 bridgehead atoms. The van der Waals surface area contributed by atoms with Gasteiger partial charge in [0.25, 0.3) is 5.91 Å². The van der Waals surface area contributed by atoms with Crippen LogP contribution >= 0.6 is 23.2 Å². The van der Waals surface area contributed by atoms with Crippen molar-refractivity contribution in [2.24, 2.45) is 0 Å². The number of benzene rings is 1. The predicted octanol–water partition coefficient (Wildman–Crippen LogP) is 2.52. The molecule has 0 atom stereocenters. The van der Waals surface area contributed by atoms with E-state index in [4.69, 9.17) is 27.9 Å². The fourth-order valence-corrected chi connectivity index (χ4v) is 3.96. The van der Waals surface area contributed by atoms with Gasteiger partial charge in [-0.25, -0.2) is 0 Å². The van der Waals surface area contributed by atoms with E-state index in [9.17, 15) is 4.79 Å². The first-order valence-corrected chi connectivity index (χ1v) is 9.50. The van der Waals surface area contributed by atoms with Crippen molar-refractivity contribution in [2.75, 3.05) is 53.0 Å². The van der Waals surface area contributed by atoms with Gasteiger partial charge in [0.1, 0.15) is 0 Å². The van der Waals surface area contributed by atoms with Crippen molar-refractivity contribution >= 4 is 29.1 Å². The lowest BCUT2D eigenvalue weighted by Gasteiger charge is -2.49. The van der Waals surface area contributed by atoms with E-state index in [1.165, 1.54) is 0 Å². The first-order chi connectivity index (χ1) is 12.0. The molecule has 25 heavy (non-hydrogen) atoms. The van der Waals surface area contributed by atoms with Gasteiger partial charge in [0.15, 0.2) is 0 Å². The molecule has 3 rings (SSSR count). The number of amides is 1. The molecule has 0 radical (unpaired) electrons. The van der Waals surface area contributed by atoms with Crippen molar-refractivity contribution < 1.29 is 9.53 Å². The summed E-state index contributed by atoms with van der Waals surface area (Å²) in [5, 5.41) is 3.98. The van der Waals surface area contributed by atoms with E-state index in [0.29, 0.717) is 22.2 Å². The minimum atomic E-state index is -0.106. The van der Waals surface area contributed by atoms with Crippen LogP contribution in [0.1, 0.15) is 23.2 Å². The molecule has 1 amide bonds. The minimum absolute atomic E-state index is 0.00215. The molecule has 1 aromatic rings. The lowest BCUT2D eigenvalue weighted by atomic mass is 9.85. The molecule has 7 heteroatoms. The maximum Gasteiger partial charge on any atom is 0.251 e. The van der Waals surface area contributed by atoms with Crippen LogP contribution in [0.25, 0.3) is 0 Å². The molecule has 1 N–H and O–H groups in total. The molecule has 0 aromatic heterocycles. The fraction of sp³-hybridized carbons (Fsp3) is 0.611. The number of carbonyl (C=O) groups excluding carboxylic acids is 1. The van der Waals surface area contributed by atoms with Crippen molar-refractivity contribution in [2.45, 2.75) is 18.4 Å². The summed E-state index contributed by atoms with van der Waals surface area (Å²) in [6, 6.07) is 4.99. The Balaban J connectivity index is 1.69. The Labute approximate surface area is 159 Å². The maximum atomic E-state index is 12.6. The van der Waals surface area contributed by atoms with E-state index in [2.05, 4.69) is 22.2 Å². The summed E-state index contributed by atoms with van der Waals surface area (Å²) in [5.74, 6) is -0.106. The molecule has 2 heterocycles. The van der Waals surface area contributed by atoms with Crippen LogP contribution in [0.2, 0.25) is 10.0 Å². The summed E-state index contributed by atoms with van der Waals surface area (Å²) in [7, 11) is 2.15. The number of ether oxygens (including phenoxy) is 1. The van der Waals surface area contributed by atoms with Crippen molar-refractivity contribution in [3.8, 4) is 0 Å². The van der Waals surface area contributed by atoms with Crippen molar-refractivity contribution in [1.29, 1.82) is 0 Å². The lowest BCUT2D eigenvalue weighted by molar-refractivity contribution is -0.0439. The number of carbonyl (C=O) groups is 1. The van der Waals surface area contributed by atoms with Crippen LogP contribution in [0.15, 0.2) is 18.2 Å². The predicted molar refractivity (Wildman–Crippen MR) is 101 cm³/mol. The average molecular weight is 386 g/mol. The van der Waals surface area contributed by atoms with Gasteiger partial charge in [-0.2, -0.15) is 0 Å². The van der Waals surface area contributed by atoms with Gasteiger partial charge in [0.2, 0.25) is 0 Å². The van der Waals surface area contributed by atoms with Crippen LogP contribution in [-0.2, 0) is 4.74 Å². The normalized spacial score (nSPS) is 21.9. The highest BCUT2D eigenvalue weighted by molar-refractivity contribution is 6.42. The lowest BCUT2D eigenvalue weighted by Crippen LogP contribution is -2.62. The van der Waals surface area contributed by atoms with Gasteiger partial charge < -0.3 is 15.0 Å². The summed E-state index contributed by atoms with van der Waals surface area (Å²) in [5.41, 5.74) is 0.543. The number of likely N-dealkylation sites (tertiary alicyclic amines) is 1. The monoisotopic (exact) mass is 385 g/mol. The second-order valence-electron chi connectivity index (χ2n) is 6.94. The van der Waals surface area contributed by atoms with Crippen LogP contribution in [0.4, 0.5) is 0 Å². The smallest absolute Gasteiger partial charge is 0.251 e. The van der Waals surface area contributed by atoms with Crippen LogP contribution in [-0.4, -0.2) is 74.2 Å². The molecule has 2 saturated heterocycles. The molecular weight excluding hydrogens is 361 g/mol. The van der Waals surface area contributed by atoms with E-state index >= 15 is 0 Å². The van der Waals surface area contributed by atoms with Crippen LogP contribution in [0.3, 0.4) is 0 Å². The van der Waals surface area contributed by atoms with Crippen molar-refractivity contribution in [3.63, 3.8) is 0 Å². The number of nitrogens with zero attached hydrogens (tertiary/aromatic N) is 2. The van der Waals surface area contributed by atoms with E-state index in [-0.39, 0.29) is 11.4 Å². The quantitative estimate of drug-likeness (QED) is 0.864. The maximum absolute atomic E-state index is 12.6. The molecule has 0 aliphatic carbocycles. The Hall–Kier alpha value is -0.850. The standard InChI is InChI=1S/C18H25Cl2N3O2/c1-22-6-4-18(5-7-22,23-8-10-25-11-9-23)13-21-17(24)14-2-3-15(19)16(20)12-14/h2-3,12H,4-11,13H2,1H3,(H,21,24). The summed E-state index contributed by atoms with van der Waals surface area (Å²) in [6.45, 7) is 6.09. The Kier molecular flexibility index (Phi) is 6.23. The van der Waals surface area contributed by atoms with Crippen molar-refractivity contribution in [3.05, 3.63) is 33.8 Å². The number of piperidine rings is 1. The molecule has 0 spiro atoms. The Morgan fingerprint density at radius 1 is 1.16 bits per heavy atom.